The van der Waals surface area contributed by atoms with Crippen molar-refractivity contribution in [2.24, 2.45) is 0 Å². The molecule has 6 heteroatoms. The van der Waals surface area contributed by atoms with Gasteiger partial charge >= 0.3 is 0 Å². The Kier molecular flexibility index (Phi) is 5.25. The average molecular weight is 332 g/mol. The summed E-state index contributed by atoms with van der Waals surface area (Å²) in [5, 5.41) is 2.81. The molecule has 0 bridgehead atoms. The molecule has 0 aliphatic carbocycles. The van der Waals surface area contributed by atoms with E-state index in [1.165, 1.54) is 16.9 Å². The van der Waals surface area contributed by atoms with Crippen LogP contribution in [0.4, 0.5) is 0 Å². The highest BCUT2D eigenvalue weighted by Crippen LogP contribution is 2.17. The Morgan fingerprint density at radius 1 is 1.39 bits per heavy atom. The zero-order chi connectivity index (χ0) is 16.1. The number of benzene rings is 1. The molecule has 1 aliphatic rings. The third-order valence-electron chi connectivity index (χ3n) is 3.63. The van der Waals surface area contributed by atoms with Crippen LogP contribution >= 0.6 is 11.3 Å². The fraction of sp³-hybridized carbons (Fsp3) is 0.412. The van der Waals surface area contributed by atoms with E-state index in [-0.39, 0.29) is 5.91 Å². The predicted octanol–water partition coefficient (Wildman–Crippen LogP) is 2.78. The molecule has 0 atom stereocenters. The lowest BCUT2D eigenvalue weighted by Gasteiger charge is -2.26. The van der Waals surface area contributed by atoms with Gasteiger partial charge in [0.25, 0.3) is 0 Å². The molecule has 122 valence electrons. The Hall–Kier alpha value is -1.92. The number of thiazole rings is 1. The van der Waals surface area contributed by atoms with Crippen LogP contribution in [0.2, 0.25) is 0 Å². The van der Waals surface area contributed by atoms with Crippen LogP contribution in [0.25, 0.3) is 0 Å². The molecule has 0 unspecified atom stereocenters. The normalized spacial score (nSPS) is 14.7. The van der Waals surface area contributed by atoms with E-state index in [0.29, 0.717) is 19.8 Å². The molecular weight excluding hydrogens is 312 g/mol. The molecule has 1 aliphatic heterocycles. The Balaban J connectivity index is 1.51. The molecule has 0 N–H and O–H groups in total. The van der Waals surface area contributed by atoms with Gasteiger partial charge in [-0.25, -0.2) is 4.98 Å². The maximum absolute atomic E-state index is 12.2. The van der Waals surface area contributed by atoms with E-state index >= 15 is 0 Å². The Morgan fingerprint density at radius 2 is 2.22 bits per heavy atom. The predicted molar refractivity (Wildman–Crippen MR) is 88.5 cm³/mol. The second kappa shape index (κ2) is 7.57. The van der Waals surface area contributed by atoms with Crippen LogP contribution in [-0.2, 0) is 22.6 Å². The molecule has 1 saturated heterocycles. The maximum atomic E-state index is 12.2. The van der Waals surface area contributed by atoms with Gasteiger partial charge in [-0.1, -0.05) is 17.7 Å². The third-order valence-corrected chi connectivity index (χ3v) is 4.50. The van der Waals surface area contributed by atoms with Gasteiger partial charge in [-0.15, -0.1) is 11.3 Å². The number of aryl methyl sites for hydroxylation is 1. The molecule has 1 aromatic heterocycles. The molecule has 1 aromatic carbocycles. The summed E-state index contributed by atoms with van der Waals surface area (Å²) < 4.78 is 11.0. The zero-order valence-corrected chi connectivity index (χ0v) is 14.0. The van der Waals surface area contributed by atoms with Crippen molar-refractivity contribution in [2.75, 3.05) is 19.9 Å². The second-order valence-electron chi connectivity index (χ2n) is 5.56. The van der Waals surface area contributed by atoms with E-state index in [9.17, 15) is 4.79 Å². The SMILES string of the molecule is Cc1ccc(OCc2nc(CC(=O)N3CCCOC3)cs2)cc1. The summed E-state index contributed by atoms with van der Waals surface area (Å²) in [6.45, 7) is 4.37. The van der Waals surface area contributed by atoms with Crippen LogP contribution in [-0.4, -0.2) is 35.7 Å². The summed E-state index contributed by atoms with van der Waals surface area (Å²) in [5.41, 5.74) is 2.00. The number of hydrogen-bond donors (Lipinski definition) is 0. The average Bonchev–Trinajstić information content (AvgIpc) is 3.02. The summed E-state index contributed by atoms with van der Waals surface area (Å²) in [6, 6.07) is 7.93. The van der Waals surface area contributed by atoms with E-state index < -0.39 is 0 Å². The summed E-state index contributed by atoms with van der Waals surface area (Å²) in [7, 11) is 0. The number of hydrogen-bond acceptors (Lipinski definition) is 5. The second-order valence-corrected chi connectivity index (χ2v) is 6.50. The molecule has 2 aromatic rings. The minimum Gasteiger partial charge on any atom is -0.486 e. The van der Waals surface area contributed by atoms with Crippen molar-refractivity contribution in [3.05, 3.63) is 45.9 Å². The van der Waals surface area contributed by atoms with Crippen molar-refractivity contribution >= 4 is 17.2 Å². The number of aromatic nitrogens is 1. The summed E-state index contributed by atoms with van der Waals surface area (Å²) in [6.07, 6.45) is 1.23. The standard InChI is InChI=1S/C17H20N2O3S/c1-13-3-5-15(6-4-13)22-10-16-18-14(11-23-16)9-17(20)19-7-2-8-21-12-19/h3-6,11H,2,7-10,12H2,1H3. The Labute approximate surface area is 139 Å². The molecule has 23 heavy (non-hydrogen) atoms. The van der Waals surface area contributed by atoms with Gasteiger partial charge in [0.2, 0.25) is 5.91 Å². The van der Waals surface area contributed by atoms with E-state index in [1.54, 1.807) is 4.90 Å². The van der Waals surface area contributed by atoms with Crippen LogP contribution in [0, 0.1) is 6.92 Å². The fourth-order valence-electron chi connectivity index (χ4n) is 2.34. The highest BCUT2D eigenvalue weighted by molar-refractivity contribution is 7.09. The number of amides is 1. The number of carbonyl (C=O) groups excluding carboxylic acids is 1. The molecule has 1 fully saturated rings. The molecule has 1 amide bonds. The first-order chi connectivity index (χ1) is 11.2. The quantitative estimate of drug-likeness (QED) is 0.845. The fourth-order valence-corrected chi connectivity index (χ4v) is 3.04. The topological polar surface area (TPSA) is 51.7 Å². The molecule has 0 spiro atoms. The zero-order valence-electron chi connectivity index (χ0n) is 13.2. The number of ether oxygens (including phenoxy) is 2. The molecule has 2 heterocycles. The Morgan fingerprint density at radius 3 is 2.96 bits per heavy atom. The molecular formula is C17H20N2O3S. The van der Waals surface area contributed by atoms with Crippen LogP contribution in [0.1, 0.15) is 22.7 Å². The molecule has 0 radical (unpaired) electrons. The van der Waals surface area contributed by atoms with Crippen LogP contribution in [0.15, 0.2) is 29.6 Å². The first kappa shape index (κ1) is 16.0. The van der Waals surface area contributed by atoms with Crippen molar-refractivity contribution in [3.8, 4) is 5.75 Å². The Bertz CT molecular complexity index is 648. The van der Waals surface area contributed by atoms with Crippen LogP contribution < -0.4 is 4.74 Å². The summed E-state index contributed by atoms with van der Waals surface area (Å²) >= 11 is 1.52. The first-order valence-corrected chi connectivity index (χ1v) is 8.57. The van der Waals surface area contributed by atoms with E-state index in [0.717, 1.165) is 36.0 Å². The highest BCUT2D eigenvalue weighted by Gasteiger charge is 2.18. The molecule has 5 nitrogen and oxygen atoms in total. The number of rotatable bonds is 5. The molecule has 3 rings (SSSR count). The van der Waals surface area contributed by atoms with Gasteiger partial charge in [0.1, 0.15) is 24.1 Å². The van der Waals surface area contributed by atoms with Gasteiger partial charge in [0, 0.05) is 11.9 Å². The lowest BCUT2D eigenvalue weighted by molar-refractivity contribution is -0.139. The minimum atomic E-state index is 0.0704. The van der Waals surface area contributed by atoms with Gasteiger partial charge < -0.3 is 14.4 Å². The van der Waals surface area contributed by atoms with E-state index in [4.69, 9.17) is 9.47 Å². The summed E-state index contributed by atoms with van der Waals surface area (Å²) in [4.78, 5) is 18.4. The van der Waals surface area contributed by atoms with Crippen LogP contribution in [0.3, 0.4) is 0 Å². The monoisotopic (exact) mass is 332 g/mol. The van der Waals surface area contributed by atoms with E-state index in [1.807, 2.05) is 36.6 Å². The number of carbonyl (C=O) groups is 1. The van der Waals surface area contributed by atoms with E-state index in [2.05, 4.69) is 4.98 Å². The first-order valence-electron chi connectivity index (χ1n) is 7.69. The van der Waals surface area contributed by atoms with Crippen molar-refractivity contribution in [3.63, 3.8) is 0 Å². The van der Waals surface area contributed by atoms with Crippen molar-refractivity contribution in [2.45, 2.75) is 26.4 Å². The van der Waals surface area contributed by atoms with Gasteiger partial charge in [-0.2, -0.15) is 0 Å². The maximum Gasteiger partial charge on any atom is 0.230 e. The van der Waals surface area contributed by atoms with Crippen molar-refractivity contribution < 1.29 is 14.3 Å². The lowest BCUT2D eigenvalue weighted by Crippen LogP contribution is -2.39. The van der Waals surface area contributed by atoms with Crippen LogP contribution in [0.5, 0.6) is 5.75 Å². The highest BCUT2D eigenvalue weighted by atomic mass is 32.1. The minimum absolute atomic E-state index is 0.0704. The van der Waals surface area contributed by atoms with Gasteiger partial charge in [-0.05, 0) is 25.5 Å². The largest absolute Gasteiger partial charge is 0.486 e. The van der Waals surface area contributed by atoms with Gasteiger partial charge in [0.05, 0.1) is 18.7 Å². The van der Waals surface area contributed by atoms with Crippen molar-refractivity contribution in [1.29, 1.82) is 0 Å². The lowest BCUT2D eigenvalue weighted by atomic mass is 10.2. The summed E-state index contributed by atoms with van der Waals surface area (Å²) in [5.74, 6) is 0.898. The van der Waals surface area contributed by atoms with Gasteiger partial charge in [0.15, 0.2) is 0 Å². The smallest absolute Gasteiger partial charge is 0.230 e. The molecule has 0 saturated carbocycles. The third kappa shape index (κ3) is 4.53. The van der Waals surface area contributed by atoms with Crippen molar-refractivity contribution in [1.82, 2.24) is 9.88 Å². The van der Waals surface area contributed by atoms with Gasteiger partial charge in [-0.3, -0.25) is 4.79 Å². The number of nitrogens with zero attached hydrogens (tertiary/aromatic N) is 2.